The molecule has 3 N–H and O–H groups in total. The van der Waals surface area contributed by atoms with Crippen molar-refractivity contribution in [2.45, 2.75) is 6.92 Å². The highest BCUT2D eigenvalue weighted by molar-refractivity contribution is 5.14. The third-order valence-electron chi connectivity index (χ3n) is 0.889. The third-order valence-corrected chi connectivity index (χ3v) is 0.889. The minimum Gasteiger partial charge on any atom is -0.394 e. The van der Waals surface area contributed by atoms with Crippen molar-refractivity contribution in [2.24, 2.45) is 5.73 Å². The van der Waals surface area contributed by atoms with Crippen LogP contribution in [0, 0.1) is 0 Å². The maximum Gasteiger partial charge on any atom is 0.0110 e. The summed E-state index contributed by atoms with van der Waals surface area (Å²) < 4.78 is 0. The second-order valence-electron chi connectivity index (χ2n) is 1.82. The maximum atomic E-state index is 5.24. The minimum atomic E-state index is 0.606. The van der Waals surface area contributed by atoms with Crippen LogP contribution < -0.4 is 11.1 Å². The van der Waals surface area contributed by atoms with Crippen LogP contribution in [0.1, 0.15) is 6.92 Å². The third kappa shape index (κ3) is 5.11. The molecule has 0 rings (SSSR count). The Kier molecular flexibility index (Phi) is 4.92. The van der Waals surface area contributed by atoms with E-state index in [-0.39, 0.29) is 0 Å². The highest BCUT2D eigenvalue weighted by Crippen LogP contribution is 1.89. The van der Waals surface area contributed by atoms with E-state index < -0.39 is 0 Å². The van der Waals surface area contributed by atoms with E-state index in [1.807, 2.05) is 32.3 Å². The number of allylic oxidation sites excluding steroid dienone is 2. The second-order valence-corrected chi connectivity index (χ2v) is 1.82. The Hall–Kier alpha value is -0.760. The zero-order chi connectivity index (χ0) is 7.11. The van der Waals surface area contributed by atoms with E-state index in [1.165, 1.54) is 5.57 Å². The highest BCUT2D eigenvalue weighted by atomic mass is 14.8. The van der Waals surface area contributed by atoms with Crippen LogP contribution in [0.4, 0.5) is 0 Å². The quantitative estimate of drug-likeness (QED) is 0.544. The molecule has 2 heteroatoms. The predicted octanol–water partition coefficient (Wildman–Crippen LogP) is 0.625. The average molecular weight is 126 g/mol. The zero-order valence-corrected chi connectivity index (χ0v) is 6.02. The van der Waals surface area contributed by atoms with Gasteiger partial charge in [0.05, 0.1) is 0 Å². The van der Waals surface area contributed by atoms with E-state index >= 15 is 0 Å². The molecule has 0 heterocycles. The fourth-order valence-electron chi connectivity index (χ4n) is 0.530. The van der Waals surface area contributed by atoms with Crippen LogP contribution in [0.5, 0.6) is 0 Å². The van der Waals surface area contributed by atoms with E-state index in [0.29, 0.717) is 6.54 Å². The Morgan fingerprint density at radius 1 is 1.67 bits per heavy atom. The van der Waals surface area contributed by atoms with Crippen LogP contribution in [-0.2, 0) is 0 Å². The first-order valence-electron chi connectivity index (χ1n) is 3.02. The van der Waals surface area contributed by atoms with Crippen molar-refractivity contribution < 1.29 is 0 Å². The van der Waals surface area contributed by atoms with Gasteiger partial charge in [0.1, 0.15) is 0 Å². The van der Waals surface area contributed by atoms with E-state index in [0.717, 1.165) is 0 Å². The van der Waals surface area contributed by atoms with Crippen molar-refractivity contribution in [3.63, 3.8) is 0 Å². The standard InChI is InChI=1S/C7H14N2/c1-7(6-9-2)4-3-5-8/h3-4,6,9H,5,8H2,1-2H3/b4-3-,7-6-. The van der Waals surface area contributed by atoms with E-state index in [1.54, 1.807) is 0 Å². The molecule has 2 nitrogen and oxygen atoms in total. The molecule has 0 spiro atoms. The molecular formula is C7H14N2. The monoisotopic (exact) mass is 126 g/mol. The summed E-state index contributed by atoms with van der Waals surface area (Å²) in [6, 6.07) is 0. The van der Waals surface area contributed by atoms with Crippen molar-refractivity contribution >= 4 is 0 Å². The van der Waals surface area contributed by atoms with Crippen molar-refractivity contribution in [3.05, 3.63) is 23.9 Å². The Bertz CT molecular complexity index is 114. The first kappa shape index (κ1) is 8.24. The summed E-state index contributed by atoms with van der Waals surface area (Å²) in [5.74, 6) is 0. The summed E-state index contributed by atoms with van der Waals surface area (Å²) in [6.45, 7) is 2.62. The first-order chi connectivity index (χ1) is 4.31. The van der Waals surface area contributed by atoms with Gasteiger partial charge in [-0.1, -0.05) is 12.2 Å². The summed E-state index contributed by atoms with van der Waals surface area (Å²) in [5.41, 5.74) is 6.42. The largest absolute Gasteiger partial charge is 0.394 e. The smallest absolute Gasteiger partial charge is 0.0110 e. The van der Waals surface area contributed by atoms with Crippen LogP contribution >= 0.6 is 0 Å². The molecule has 0 atom stereocenters. The van der Waals surface area contributed by atoms with Gasteiger partial charge in [-0.2, -0.15) is 0 Å². The first-order valence-corrected chi connectivity index (χ1v) is 3.02. The second kappa shape index (κ2) is 5.38. The lowest BCUT2D eigenvalue weighted by molar-refractivity contribution is 1.08. The van der Waals surface area contributed by atoms with Gasteiger partial charge in [0, 0.05) is 13.6 Å². The SMILES string of the molecule is CN/C=C(C)\C=C/CN. The van der Waals surface area contributed by atoms with Gasteiger partial charge in [0.25, 0.3) is 0 Å². The lowest BCUT2D eigenvalue weighted by Crippen LogP contribution is -1.95. The lowest BCUT2D eigenvalue weighted by atomic mass is 10.3. The van der Waals surface area contributed by atoms with Crippen molar-refractivity contribution in [3.8, 4) is 0 Å². The maximum absolute atomic E-state index is 5.24. The summed E-state index contributed by atoms with van der Waals surface area (Å²) in [5, 5.41) is 2.92. The predicted molar refractivity (Wildman–Crippen MR) is 41.0 cm³/mol. The van der Waals surface area contributed by atoms with Crippen molar-refractivity contribution in [1.29, 1.82) is 0 Å². The molecular weight excluding hydrogens is 112 g/mol. The molecule has 0 radical (unpaired) electrons. The molecule has 0 aromatic carbocycles. The minimum absolute atomic E-state index is 0.606. The molecule has 0 aliphatic carbocycles. The zero-order valence-electron chi connectivity index (χ0n) is 6.02. The van der Waals surface area contributed by atoms with Gasteiger partial charge in [0.2, 0.25) is 0 Å². The molecule has 9 heavy (non-hydrogen) atoms. The van der Waals surface area contributed by atoms with Crippen LogP contribution in [0.3, 0.4) is 0 Å². The molecule has 52 valence electrons. The fraction of sp³-hybridized carbons (Fsp3) is 0.429. The number of rotatable bonds is 3. The Labute approximate surface area is 56.4 Å². The van der Waals surface area contributed by atoms with Gasteiger partial charge >= 0.3 is 0 Å². The Balaban J connectivity index is 3.60. The summed E-state index contributed by atoms with van der Waals surface area (Å²) in [6.07, 6.45) is 5.83. The summed E-state index contributed by atoms with van der Waals surface area (Å²) in [7, 11) is 1.87. The lowest BCUT2D eigenvalue weighted by Gasteiger charge is -1.89. The average Bonchev–Trinajstić information content (AvgIpc) is 1.85. The molecule has 0 amide bonds. The van der Waals surface area contributed by atoms with Gasteiger partial charge < -0.3 is 11.1 Å². The summed E-state index contributed by atoms with van der Waals surface area (Å²) in [4.78, 5) is 0. The van der Waals surface area contributed by atoms with Crippen LogP contribution in [0.25, 0.3) is 0 Å². The number of nitrogens with one attached hydrogen (secondary N) is 1. The van der Waals surface area contributed by atoms with Gasteiger partial charge in [-0.15, -0.1) is 0 Å². The number of hydrogen-bond acceptors (Lipinski definition) is 2. The number of nitrogens with two attached hydrogens (primary N) is 1. The van der Waals surface area contributed by atoms with E-state index in [2.05, 4.69) is 5.32 Å². The normalized spacial score (nSPS) is 12.6. The van der Waals surface area contributed by atoms with Crippen LogP contribution in [-0.4, -0.2) is 13.6 Å². The van der Waals surface area contributed by atoms with E-state index in [9.17, 15) is 0 Å². The number of hydrogen-bond donors (Lipinski definition) is 2. The molecule has 0 aliphatic rings. The van der Waals surface area contributed by atoms with Crippen LogP contribution in [0.2, 0.25) is 0 Å². The van der Waals surface area contributed by atoms with E-state index in [4.69, 9.17) is 5.73 Å². The fourth-order valence-corrected chi connectivity index (χ4v) is 0.530. The summed E-state index contributed by atoms with van der Waals surface area (Å²) >= 11 is 0. The van der Waals surface area contributed by atoms with Gasteiger partial charge in [-0.25, -0.2) is 0 Å². The molecule has 0 fully saturated rings. The molecule has 0 bridgehead atoms. The molecule has 0 aromatic rings. The Morgan fingerprint density at radius 2 is 2.33 bits per heavy atom. The molecule has 0 aliphatic heterocycles. The van der Waals surface area contributed by atoms with Gasteiger partial charge in [-0.05, 0) is 18.7 Å². The van der Waals surface area contributed by atoms with Gasteiger partial charge in [0.15, 0.2) is 0 Å². The molecule has 0 unspecified atom stereocenters. The van der Waals surface area contributed by atoms with Crippen LogP contribution in [0.15, 0.2) is 23.9 Å². The highest BCUT2D eigenvalue weighted by Gasteiger charge is 1.75. The van der Waals surface area contributed by atoms with Crippen molar-refractivity contribution in [2.75, 3.05) is 13.6 Å². The molecule has 0 saturated heterocycles. The Morgan fingerprint density at radius 3 is 2.78 bits per heavy atom. The molecule has 0 aromatic heterocycles. The van der Waals surface area contributed by atoms with Crippen molar-refractivity contribution in [1.82, 2.24) is 5.32 Å². The molecule has 0 saturated carbocycles. The van der Waals surface area contributed by atoms with Gasteiger partial charge in [-0.3, -0.25) is 0 Å². The topological polar surface area (TPSA) is 38.0 Å².